The molecule has 0 radical (unpaired) electrons. The first kappa shape index (κ1) is 23.0. The second-order valence-electron chi connectivity index (χ2n) is 3.40. The van der Waals surface area contributed by atoms with Crippen LogP contribution in [0.2, 0.25) is 0 Å². The number of aldehydes is 1. The van der Waals surface area contributed by atoms with E-state index in [2.05, 4.69) is 0 Å². The normalized spacial score (nSPS) is 11.9. The Morgan fingerprint density at radius 1 is 0.950 bits per heavy atom. The van der Waals surface area contributed by atoms with Crippen molar-refractivity contribution < 1.29 is 89.9 Å². The Bertz CT molecular complexity index is 608. The van der Waals surface area contributed by atoms with Gasteiger partial charge in [0.2, 0.25) is 0 Å². The summed E-state index contributed by atoms with van der Waals surface area (Å²) in [5, 5.41) is 0. The van der Waals surface area contributed by atoms with Gasteiger partial charge in [0.25, 0.3) is 0 Å². The summed E-state index contributed by atoms with van der Waals surface area (Å²) in [4.78, 5) is 10.5. The molecule has 0 aromatic heterocycles. The second-order valence-corrected chi connectivity index (χ2v) is 6.87. The zero-order valence-corrected chi connectivity index (χ0v) is 16.5. The SMILES string of the molecule is O=CCC(c1ccccc1)(S(=O)(=O)[O-])S(=O)(=O)[O-].[Na+].[Na+]. The van der Waals surface area contributed by atoms with Crippen LogP contribution >= 0.6 is 0 Å². The Morgan fingerprint density at radius 3 is 1.65 bits per heavy atom. The van der Waals surface area contributed by atoms with Crippen molar-refractivity contribution in [2.45, 2.75) is 10.5 Å². The summed E-state index contributed by atoms with van der Waals surface area (Å²) in [6, 6.07) is 5.93. The van der Waals surface area contributed by atoms with Crippen LogP contribution in [0, 0.1) is 0 Å². The zero-order valence-electron chi connectivity index (χ0n) is 10.8. The van der Waals surface area contributed by atoms with E-state index in [0.29, 0.717) is 0 Å². The van der Waals surface area contributed by atoms with E-state index >= 15 is 0 Å². The van der Waals surface area contributed by atoms with Gasteiger partial charge >= 0.3 is 59.1 Å². The summed E-state index contributed by atoms with van der Waals surface area (Å²) in [6.07, 6.45) is -1.33. The van der Waals surface area contributed by atoms with Crippen molar-refractivity contribution >= 4 is 26.5 Å². The Balaban J connectivity index is 0. The maximum atomic E-state index is 11.2. The average Bonchev–Trinajstić information content (AvgIpc) is 2.23. The van der Waals surface area contributed by atoms with Gasteiger partial charge in [-0.1, -0.05) is 30.3 Å². The molecular weight excluding hydrogens is 330 g/mol. The number of benzene rings is 1. The average molecular weight is 338 g/mol. The van der Waals surface area contributed by atoms with Crippen molar-refractivity contribution in [3.05, 3.63) is 35.9 Å². The van der Waals surface area contributed by atoms with Crippen LogP contribution in [0.3, 0.4) is 0 Å². The molecular formula is C9H8Na2O7S2. The monoisotopic (exact) mass is 338 g/mol. The van der Waals surface area contributed by atoms with Gasteiger partial charge in [-0.3, -0.25) is 0 Å². The molecule has 0 atom stereocenters. The van der Waals surface area contributed by atoms with Gasteiger partial charge in [0, 0.05) is 6.42 Å². The summed E-state index contributed by atoms with van der Waals surface area (Å²) in [5.41, 5.74) is -0.540. The third-order valence-corrected chi connectivity index (χ3v) is 6.02. The predicted molar refractivity (Wildman–Crippen MR) is 58.2 cm³/mol. The molecule has 0 heterocycles. The second kappa shape index (κ2) is 8.37. The van der Waals surface area contributed by atoms with E-state index in [9.17, 15) is 30.7 Å². The quantitative estimate of drug-likeness (QED) is 0.296. The molecule has 0 aliphatic rings. The standard InChI is InChI=1S/C9H10O7S2.2Na/c10-7-6-9(17(11,12)13,18(14,15)16)8-4-2-1-3-5-8;;/h1-5,7H,6H2,(H,11,12,13)(H,14,15,16);;/q;2*+1/p-2. The van der Waals surface area contributed by atoms with Crippen molar-refractivity contribution in [1.29, 1.82) is 0 Å². The third kappa shape index (κ3) is 4.35. The van der Waals surface area contributed by atoms with Gasteiger partial charge in [-0.2, -0.15) is 0 Å². The minimum atomic E-state index is -5.58. The molecule has 0 amide bonds. The number of hydrogen-bond donors (Lipinski definition) is 0. The topological polar surface area (TPSA) is 131 Å². The Hall–Kier alpha value is 0.710. The Kier molecular flexibility index (Phi) is 9.62. The molecule has 0 aliphatic heterocycles. The molecule has 0 N–H and O–H groups in total. The van der Waals surface area contributed by atoms with Crippen molar-refractivity contribution in [2.75, 3.05) is 0 Å². The van der Waals surface area contributed by atoms with Crippen molar-refractivity contribution in [3.63, 3.8) is 0 Å². The molecule has 0 unspecified atom stereocenters. The fraction of sp³-hybridized carbons (Fsp3) is 0.222. The van der Waals surface area contributed by atoms with Crippen LogP contribution in [-0.4, -0.2) is 32.2 Å². The van der Waals surface area contributed by atoms with E-state index < -0.39 is 36.3 Å². The van der Waals surface area contributed by atoms with Gasteiger partial charge in [0.15, 0.2) is 4.08 Å². The van der Waals surface area contributed by atoms with E-state index in [1.807, 2.05) is 0 Å². The molecule has 1 aromatic rings. The molecule has 0 aliphatic carbocycles. The number of hydrogen-bond acceptors (Lipinski definition) is 7. The van der Waals surface area contributed by atoms with Crippen LogP contribution in [0.25, 0.3) is 0 Å². The first-order chi connectivity index (χ1) is 8.17. The molecule has 100 valence electrons. The van der Waals surface area contributed by atoms with Gasteiger partial charge in [0.1, 0.15) is 26.5 Å². The third-order valence-electron chi connectivity index (χ3n) is 2.37. The maximum Gasteiger partial charge on any atom is 1.00 e. The van der Waals surface area contributed by atoms with Crippen LogP contribution in [0.4, 0.5) is 0 Å². The molecule has 0 fully saturated rings. The molecule has 20 heavy (non-hydrogen) atoms. The zero-order chi connectivity index (χ0) is 14.0. The Morgan fingerprint density at radius 2 is 1.35 bits per heavy atom. The molecule has 11 heteroatoms. The van der Waals surface area contributed by atoms with Crippen LogP contribution in [0.1, 0.15) is 12.0 Å². The van der Waals surface area contributed by atoms with E-state index in [-0.39, 0.29) is 65.4 Å². The summed E-state index contributed by atoms with van der Waals surface area (Å²) >= 11 is 0. The van der Waals surface area contributed by atoms with E-state index in [4.69, 9.17) is 0 Å². The fourth-order valence-electron chi connectivity index (χ4n) is 1.54. The molecule has 0 spiro atoms. The summed E-state index contributed by atoms with van der Waals surface area (Å²) < 4.78 is 63.9. The molecule has 7 nitrogen and oxygen atoms in total. The molecule has 1 rings (SSSR count). The van der Waals surface area contributed by atoms with Gasteiger partial charge in [0.05, 0.1) is 0 Å². The molecule has 0 bridgehead atoms. The number of carbonyl (C=O) groups is 1. The summed E-state index contributed by atoms with van der Waals surface area (Å²) in [5.74, 6) is 0. The van der Waals surface area contributed by atoms with Gasteiger partial charge < -0.3 is 13.9 Å². The number of rotatable bonds is 5. The van der Waals surface area contributed by atoms with Crippen molar-refractivity contribution in [2.24, 2.45) is 0 Å². The van der Waals surface area contributed by atoms with Crippen LogP contribution in [-0.2, 0) is 29.1 Å². The van der Waals surface area contributed by atoms with Crippen molar-refractivity contribution in [3.8, 4) is 0 Å². The maximum absolute atomic E-state index is 11.2. The van der Waals surface area contributed by atoms with Crippen LogP contribution in [0.15, 0.2) is 30.3 Å². The largest absolute Gasteiger partial charge is 1.00 e. The smallest absolute Gasteiger partial charge is 0.746 e. The predicted octanol–water partition coefficient (Wildman–Crippen LogP) is -6.47. The van der Waals surface area contributed by atoms with E-state index in [1.54, 1.807) is 0 Å². The summed E-state index contributed by atoms with van der Waals surface area (Å²) in [7, 11) is -11.2. The van der Waals surface area contributed by atoms with Gasteiger partial charge in [-0.15, -0.1) is 0 Å². The first-order valence-corrected chi connectivity index (χ1v) is 7.38. The van der Waals surface area contributed by atoms with Crippen LogP contribution in [0.5, 0.6) is 0 Å². The minimum absolute atomic E-state index is 0. The number of carbonyl (C=O) groups excluding carboxylic acids is 1. The minimum Gasteiger partial charge on any atom is -0.746 e. The van der Waals surface area contributed by atoms with E-state index in [1.165, 1.54) is 18.2 Å². The van der Waals surface area contributed by atoms with Gasteiger partial charge in [-0.25, -0.2) is 16.8 Å². The fourth-order valence-corrected chi connectivity index (χ4v) is 3.93. The van der Waals surface area contributed by atoms with E-state index in [0.717, 1.165) is 12.1 Å². The molecule has 1 aromatic carbocycles. The molecule has 0 saturated carbocycles. The van der Waals surface area contributed by atoms with Crippen LogP contribution < -0.4 is 59.1 Å². The Labute approximate surface area is 161 Å². The first-order valence-electron chi connectivity index (χ1n) is 4.57. The van der Waals surface area contributed by atoms with Gasteiger partial charge in [-0.05, 0) is 5.56 Å². The van der Waals surface area contributed by atoms with Crippen molar-refractivity contribution in [1.82, 2.24) is 0 Å². The summed E-state index contributed by atoms with van der Waals surface area (Å²) in [6.45, 7) is 0. The molecule has 0 saturated heterocycles.